The summed E-state index contributed by atoms with van der Waals surface area (Å²) in [6, 6.07) is 6.13. The molecule has 2 aromatic rings. The molecule has 1 heterocycles. The molecule has 0 atom stereocenters. The number of nitro benzene ring substituents is 1. The van der Waals surface area contributed by atoms with E-state index in [1.165, 1.54) is 19.1 Å². The summed E-state index contributed by atoms with van der Waals surface area (Å²) >= 11 is 0. The van der Waals surface area contributed by atoms with Gasteiger partial charge in [0.1, 0.15) is 10.7 Å². The van der Waals surface area contributed by atoms with Crippen molar-refractivity contribution < 1.29 is 30.9 Å². The maximum absolute atomic E-state index is 14.3. The third-order valence-corrected chi connectivity index (χ3v) is 7.88. The van der Waals surface area contributed by atoms with Crippen LogP contribution in [-0.2, 0) is 24.8 Å². The monoisotopic (exact) mass is 459 g/mol. The van der Waals surface area contributed by atoms with Gasteiger partial charge in [-0.15, -0.1) is 0 Å². The first kappa shape index (κ1) is 22.1. The molecule has 3 rings (SSSR count). The number of rotatable bonds is 6. The lowest BCUT2D eigenvalue weighted by Crippen LogP contribution is -2.40. The van der Waals surface area contributed by atoms with E-state index in [0.717, 1.165) is 28.6 Å². The van der Waals surface area contributed by atoms with Crippen molar-refractivity contribution in [3.05, 3.63) is 57.9 Å². The molecular formula is C17H18FN3O7S2. The van der Waals surface area contributed by atoms with Gasteiger partial charge in [-0.25, -0.2) is 21.2 Å². The van der Waals surface area contributed by atoms with Crippen LogP contribution in [0.5, 0.6) is 0 Å². The number of non-ortho nitro benzene ring substituents is 1. The van der Waals surface area contributed by atoms with Gasteiger partial charge >= 0.3 is 0 Å². The molecule has 0 radical (unpaired) electrons. The molecule has 10 nitrogen and oxygen atoms in total. The van der Waals surface area contributed by atoms with Crippen molar-refractivity contribution in [1.29, 1.82) is 0 Å². The number of hydrogen-bond donors (Lipinski definition) is 1. The summed E-state index contributed by atoms with van der Waals surface area (Å²) in [6.07, 6.45) is 0. The number of benzene rings is 2. The summed E-state index contributed by atoms with van der Waals surface area (Å²) in [5, 5.41) is 11.0. The molecule has 1 aliphatic rings. The lowest BCUT2D eigenvalue weighted by Gasteiger charge is -2.26. The van der Waals surface area contributed by atoms with Crippen LogP contribution in [0, 0.1) is 22.9 Å². The molecule has 13 heteroatoms. The third kappa shape index (κ3) is 4.43. The van der Waals surface area contributed by atoms with Gasteiger partial charge < -0.3 is 4.74 Å². The molecule has 0 aliphatic carbocycles. The highest BCUT2D eigenvalue weighted by atomic mass is 32.2. The molecular weight excluding hydrogens is 441 g/mol. The molecule has 0 bridgehead atoms. The fourth-order valence-corrected chi connectivity index (χ4v) is 5.71. The molecule has 2 aromatic carbocycles. The van der Waals surface area contributed by atoms with Crippen molar-refractivity contribution in [1.82, 2.24) is 4.31 Å². The molecule has 0 spiro atoms. The first-order valence-electron chi connectivity index (χ1n) is 8.68. The zero-order chi connectivity index (χ0) is 22.1. The van der Waals surface area contributed by atoms with Crippen molar-refractivity contribution in [2.45, 2.75) is 16.7 Å². The average molecular weight is 459 g/mol. The minimum Gasteiger partial charge on any atom is -0.379 e. The third-order valence-electron chi connectivity index (χ3n) is 4.44. The normalized spacial score (nSPS) is 15.7. The highest BCUT2D eigenvalue weighted by molar-refractivity contribution is 7.92. The summed E-state index contributed by atoms with van der Waals surface area (Å²) in [7, 11) is -8.51. The summed E-state index contributed by atoms with van der Waals surface area (Å²) in [5.74, 6) is -1.03. The number of halogens is 1. The molecule has 0 amide bonds. The fraction of sp³-hybridized carbons (Fsp3) is 0.294. The molecule has 30 heavy (non-hydrogen) atoms. The van der Waals surface area contributed by atoms with E-state index < -0.39 is 41.4 Å². The van der Waals surface area contributed by atoms with E-state index in [9.17, 15) is 31.3 Å². The number of nitrogens with zero attached hydrogens (tertiary/aromatic N) is 2. The van der Waals surface area contributed by atoms with Crippen LogP contribution in [0.4, 0.5) is 15.8 Å². The van der Waals surface area contributed by atoms with Gasteiger partial charge in [0.2, 0.25) is 10.0 Å². The van der Waals surface area contributed by atoms with Crippen LogP contribution >= 0.6 is 0 Å². The molecule has 162 valence electrons. The van der Waals surface area contributed by atoms with Gasteiger partial charge in [-0.2, -0.15) is 4.31 Å². The SMILES string of the molecule is Cc1ccc([N+](=O)[O-])cc1S(=O)(=O)Nc1ccc(F)c(S(=O)(=O)N2CCOCC2)c1. The van der Waals surface area contributed by atoms with E-state index in [4.69, 9.17) is 4.74 Å². The van der Waals surface area contributed by atoms with Crippen LogP contribution in [0.2, 0.25) is 0 Å². The maximum atomic E-state index is 14.3. The van der Waals surface area contributed by atoms with Crippen LogP contribution < -0.4 is 4.72 Å². The molecule has 0 aromatic heterocycles. The Labute approximate surface area is 172 Å². The van der Waals surface area contributed by atoms with Crippen LogP contribution in [-0.4, -0.2) is 52.4 Å². The summed E-state index contributed by atoms with van der Waals surface area (Å²) in [4.78, 5) is 9.20. The number of morpholine rings is 1. The largest absolute Gasteiger partial charge is 0.379 e. The lowest BCUT2D eigenvalue weighted by molar-refractivity contribution is -0.385. The van der Waals surface area contributed by atoms with Gasteiger partial charge in [-0.1, -0.05) is 6.07 Å². The first-order chi connectivity index (χ1) is 14.0. The first-order valence-corrected chi connectivity index (χ1v) is 11.6. The van der Waals surface area contributed by atoms with Crippen molar-refractivity contribution in [3.63, 3.8) is 0 Å². The Hall–Kier alpha value is -2.61. The van der Waals surface area contributed by atoms with Gasteiger partial charge in [-0.05, 0) is 30.7 Å². The fourth-order valence-electron chi connectivity index (χ4n) is 2.89. The number of hydrogen-bond acceptors (Lipinski definition) is 7. The second-order valence-electron chi connectivity index (χ2n) is 6.47. The Bertz CT molecular complexity index is 1190. The van der Waals surface area contributed by atoms with E-state index in [-0.39, 0.29) is 42.4 Å². The Morgan fingerprint density at radius 3 is 2.37 bits per heavy atom. The Morgan fingerprint density at radius 1 is 1.07 bits per heavy atom. The average Bonchev–Trinajstić information content (AvgIpc) is 2.69. The molecule has 0 saturated carbocycles. The van der Waals surface area contributed by atoms with Gasteiger partial charge in [0, 0.05) is 25.2 Å². The second kappa shape index (κ2) is 8.26. The van der Waals surface area contributed by atoms with E-state index in [0.29, 0.717) is 0 Å². The Kier molecular flexibility index (Phi) is 6.08. The van der Waals surface area contributed by atoms with Crippen molar-refractivity contribution in [3.8, 4) is 0 Å². The summed E-state index contributed by atoms with van der Waals surface area (Å²) in [6.45, 7) is 1.88. The van der Waals surface area contributed by atoms with E-state index in [2.05, 4.69) is 4.72 Å². The quantitative estimate of drug-likeness (QED) is 0.514. The van der Waals surface area contributed by atoms with Gasteiger partial charge in [-0.3, -0.25) is 14.8 Å². The van der Waals surface area contributed by atoms with E-state index in [1.807, 2.05) is 0 Å². The van der Waals surface area contributed by atoms with Gasteiger partial charge in [0.25, 0.3) is 15.7 Å². The van der Waals surface area contributed by atoms with E-state index in [1.54, 1.807) is 0 Å². The summed E-state index contributed by atoms with van der Waals surface area (Å²) in [5.41, 5.74) is -0.374. The predicted octanol–water partition coefficient (Wildman–Crippen LogP) is 1.86. The number of nitrogens with one attached hydrogen (secondary N) is 1. The highest BCUT2D eigenvalue weighted by Gasteiger charge is 2.30. The molecule has 1 N–H and O–H groups in total. The molecule has 1 aliphatic heterocycles. The van der Waals surface area contributed by atoms with Crippen LogP contribution in [0.1, 0.15) is 5.56 Å². The van der Waals surface area contributed by atoms with Crippen LogP contribution in [0.15, 0.2) is 46.2 Å². The number of nitro groups is 1. The van der Waals surface area contributed by atoms with Crippen molar-refractivity contribution in [2.75, 3.05) is 31.0 Å². The summed E-state index contributed by atoms with van der Waals surface area (Å²) < 4.78 is 73.6. The van der Waals surface area contributed by atoms with Crippen molar-refractivity contribution >= 4 is 31.4 Å². The van der Waals surface area contributed by atoms with Crippen LogP contribution in [0.25, 0.3) is 0 Å². The second-order valence-corrected chi connectivity index (χ2v) is 10.0. The van der Waals surface area contributed by atoms with Gasteiger partial charge in [0.05, 0.1) is 28.7 Å². The number of aryl methyl sites for hydroxylation is 1. The molecule has 0 unspecified atom stereocenters. The minimum atomic E-state index is -4.31. The standard InChI is InChI=1S/C17H18FN3O7S2/c1-12-2-4-14(21(22)23)11-16(12)29(24,25)19-13-3-5-15(18)17(10-13)30(26,27)20-6-8-28-9-7-20/h2-5,10-11,19H,6-9H2,1H3. The minimum absolute atomic E-state index is 0.0462. The molecule has 1 fully saturated rings. The number of ether oxygens (including phenoxy) is 1. The highest BCUT2D eigenvalue weighted by Crippen LogP contribution is 2.27. The topological polar surface area (TPSA) is 136 Å². The number of sulfonamides is 2. The zero-order valence-electron chi connectivity index (χ0n) is 15.7. The van der Waals surface area contributed by atoms with Gasteiger partial charge in [0.15, 0.2) is 0 Å². The Morgan fingerprint density at radius 2 is 1.73 bits per heavy atom. The van der Waals surface area contributed by atoms with E-state index >= 15 is 0 Å². The lowest BCUT2D eigenvalue weighted by atomic mass is 10.2. The van der Waals surface area contributed by atoms with Crippen LogP contribution in [0.3, 0.4) is 0 Å². The maximum Gasteiger partial charge on any atom is 0.270 e. The predicted molar refractivity (Wildman–Crippen MR) is 105 cm³/mol. The van der Waals surface area contributed by atoms with Crippen molar-refractivity contribution in [2.24, 2.45) is 0 Å². The molecule has 1 saturated heterocycles. The zero-order valence-corrected chi connectivity index (χ0v) is 17.4. The smallest absolute Gasteiger partial charge is 0.270 e. The Balaban J connectivity index is 1.97. The number of anilines is 1.